The maximum atomic E-state index is 12.6. The number of hydrogen-bond donors (Lipinski definition) is 2. The maximum Gasteiger partial charge on any atom is 0.254 e. The number of morpholine rings is 1. The third kappa shape index (κ3) is 6.05. The van der Waals surface area contributed by atoms with E-state index in [4.69, 9.17) is 10.5 Å². The Morgan fingerprint density at radius 2 is 1.92 bits per heavy atom. The number of hydrogen-bond acceptors (Lipinski definition) is 3. The first-order valence-electron chi connectivity index (χ1n) is 9.07. The lowest BCUT2D eigenvalue weighted by molar-refractivity contribution is -0.0586. The van der Waals surface area contributed by atoms with Crippen LogP contribution in [0.3, 0.4) is 0 Å². The third-order valence-corrected chi connectivity index (χ3v) is 4.18. The normalized spacial score (nSPS) is 21.2. The second-order valence-electron chi connectivity index (χ2n) is 6.65. The van der Waals surface area contributed by atoms with Crippen molar-refractivity contribution in [2.24, 2.45) is 10.7 Å². The van der Waals surface area contributed by atoms with Gasteiger partial charge in [0.25, 0.3) is 5.91 Å². The molecule has 0 radical (unpaired) electrons. The number of benzene rings is 1. The van der Waals surface area contributed by atoms with E-state index in [9.17, 15) is 4.79 Å². The second kappa shape index (κ2) is 9.42. The van der Waals surface area contributed by atoms with Gasteiger partial charge in [0.1, 0.15) is 0 Å². The van der Waals surface area contributed by atoms with Crippen molar-refractivity contribution >= 4 is 11.9 Å². The standard InChI is InChI=1S/C19H30N4O2/c1-4-5-10-21-19(20)22-11-16-6-8-17(9-7-16)18(24)23-12-14(2)25-15(3)13-23/h6-9,14-15H,4-5,10-13H2,1-3H3,(H3,20,21,22). The Hall–Kier alpha value is -2.08. The molecule has 1 fully saturated rings. The van der Waals surface area contributed by atoms with E-state index < -0.39 is 0 Å². The molecule has 2 atom stereocenters. The Bertz CT molecular complexity index is 576. The van der Waals surface area contributed by atoms with Crippen molar-refractivity contribution in [3.05, 3.63) is 35.4 Å². The van der Waals surface area contributed by atoms with E-state index in [0.717, 1.165) is 24.9 Å². The van der Waals surface area contributed by atoms with E-state index in [2.05, 4.69) is 17.2 Å². The van der Waals surface area contributed by atoms with Crippen LogP contribution in [0.2, 0.25) is 0 Å². The van der Waals surface area contributed by atoms with Crippen molar-refractivity contribution in [3.63, 3.8) is 0 Å². The molecule has 25 heavy (non-hydrogen) atoms. The molecule has 3 N–H and O–H groups in total. The van der Waals surface area contributed by atoms with Gasteiger partial charge >= 0.3 is 0 Å². The fraction of sp³-hybridized carbons (Fsp3) is 0.579. The first kappa shape index (κ1) is 19.2. The molecule has 0 saturated carbocycles. The monoisotopic (exact) mass is 346 g/mol. The lowest BCUT2D eigenvalue weighted by Crippen LogP contribution is -2.48. The Kier molecular flexibility index (Phi) is 7.25. The molecule has 1 aromatic carbocycles. The van der Waals surface area contributed by atoms with Crippen molar-refractivity contribution in [2.45, 2.75) is 52.4 Å². The first-order valence-corrected chi connectivity index (χ1v) is 9.07. The summed E-state index contributed by atoms with van der Waals surface area (Å²) in [5.41, 5.74) is 7.56. The van der Waals surface area contributed by atoms with Crippen LogP contribution in [0.15, 0.2) is 29.3 Å². The number of aliphatic imine (C=N–C) groups is 1. The average molecular weight is 346 g/mol. The molecular formula is C19H30N4O2. The predicted octanol–water partition coefficient (Wildman–Crippen LogP) is 2.14. The summed E-state index contributed by atoms with van der Waals surface area (Å²) in [6.07, 6.45) is 2.34. The summed E-state index contributed by atoms with van der Waals surface area (Å²) in [7, 11) is 0. The highest BCUT2D eigenvalue weighted by Crippen LogP contribution is 2.15. The van der Waals surface area contributed by atoms with Gasteiger partial charge in [-0.25, -0.2) is 4.99 Å². The van der Waals surface area contributed by atoms with Gasteiger partial charge in [-0.15, -0.1) is 0 Å². The topological polar surface area (TPSA) is 79.9 Å². The number of guanidine groups is 1. The Morgan fingerprint density at radius 1 is 1.28 bits per heavy atom. The molecule has 0 aliphatic carbocycles. The van der Waals surface area contributed by atoms with Gasteiger partial charge in [0.05, 0.1) is 18.8 Å². The summed E-state index contributed by atoms with van der Waals surface area (Å²) in [6.45, 7) is 8.74. The number of rotatable bonds is 6. The van der Waals surface area contributed by atoms with Crippen LogP contribution >= 0.6 is 0 Å². The maximum absolute atomic E-state index is 12.6. The Morgan fingerprint density at radius 3 is 2.52 bits per heavy atom. The number of nitrogens with two attached hydrogens (primary N) is 1. The summed E-state index contributed by atoms with van der Waals surface area (Å²) in [4.78, 5) is 18.8. The number of nitrogens with one attached hydrogen (secondary N) is 1. The molecule has 1 saturated heterocycles. The zero-order valence-electron chi connectivity index (χ0n) is 15.5. The summed E-state index contributed by atoms with van der Waals surface area (Å²) in [6, 6.07) is 7.59. The minimum atomic E-state index is 0.0535. The number of carbonyl (C=O) groups is 1. The van der Waals surface area contributed by atoms with E-state index in [1.165, 1.54) is 0 Å². The van der Waals surface area contributed by atoms with Crippen LogP contribution in [0.1, 0.15) is 49.5 Å². The van der Waals surface area contributed by atoms with E-state index in [0.29, 0.717) is 31.2 Å². The van der Waals surface area contributed by atoms with Crippen molar-refractivity contribution in [1.29, 1.82) is 0 Å². The minimum Gasteiger partial charge on any atom is -0.372 e. The summed E-state index contributed by atoms with van der Waals surface area (Å²) >= 11 is 0. The highest BCUT2D eigenvalue weighted by atomic mass is 16.5. The average Bonchev–Trinajstić information content (AvgIpc) is 2.59. The minimum absolute atomic E-state index is 0.0535. The molecule has 1 heterocycles. The Labute approximate surface area is 150 Å². The van der Waals surface area contributed by atoms with Gasteiger partial charge in [-0.2, -0.15) is 0 Å². The zero-order chi connectivity index (χ0) is 18.2. The lowest BCUT2D eigenvalue weighted by atomic mass is 10.1. The van der Waals surface area contributed by atoms with Gasteiger partial charge in [-0.1, -0.05) is 25.5 Å². The molecule has 1 aliphatic rings. The molecule has 6 heteroatoms. The van der Waals surface area contributed by atoms with Gasteiger partial charge in [0.2, 0.25) is 0 Å². The third-order valence-electron chi connectivity index (χ3n) is 4.18. The fourth-order valence-electron chi connectivity index (χ4n) is 2.90. The van der Waals surface area contributed by atoms with Gasteiger partial charge in [-0.05, 0) is 38.0 Å². The van der Waals surface area contributed by atoms with Crippen molar-refractivity contribution in [2.75, 3.05) is 19.6 Å². The smallest absolute Gasteiger partial charge is 0.254 e. The molecule has 6 nitrogen and oxygen atoms in total. The van der Waals surface area contributed by atoms with Crippen LogP contribution in [-0.4, -0.2) is 48.6 Å². The first-order chi connectivity index (χ1) is 12.0. The quantitative estimate of drug-likeness (QED) is 0.470. The molecule has 138 valence electrons. The number of carbonyl (C=O) groups excluding carboxylic acids is 1. The van der Waals surface area contributed by atoms with Crippen molar-refractivity contribution in [3.8, 4) is 0 Å². The number of amides is 1. The fourth-order valence-corrected chi connectivity index (χ4v) is 2.90. The SMILES string of the molecule is CCCCNC(N)=NCc1ccc(C(=O)N2CC(C)OC(C)C2)cc1. The van der Waals surface area contributed by atoms with Crippen LogP contribution < -0.4 is 11.1 Å². The highest BCUT2D eigenvalue weighted by molar-refractivity contribution is 5.94. The van der Waals surface area contributed by atoms with Crippen molar-refractivity contribution < 1.29 is 9.53 Å². The predicted molar refractivity (Wildman–Crippen MR) is 101 cm³/mol. The highest BCUT2D eigenvalue weighted by Gasteiger charge is 2.26. The molecule has 1 aliphatic heterocycles. The number of nitrogens with zero attached hydrogens (tertiary/aromatic N) is 2. The van der Waals surface area contributed by atoms with E-state index in [-0.39, 0.29) is 18.1 Å². The summed E-state index contributed by atoms with van der Waals surface area (Å²) in [5, 5.41) is 3.09. The van der Waals surface area contributed by atoms with E-state index in [1.54, 1.807) is 0 Å². The molecule has 1 aromatic rings. The van der Waals surface area contributed by atoms with Crippen molar-refractivity contribution in [1.82, 2.24) is 10.2 Å². The van der Waals surface area contributed by atoms with Crippen LogP contribution in [0.4, 0.5) is 0 Å². The number of ether oxygens (including phenoxy) is 1. The molecule has 2 unspecified atom stereocenters. The van der Waals surface area contributed by atoms with Gasteiger partial charge < -0.3 is 20.7 Å². The van der Waals surface area contributed by atoms with Crippen LogP contribution in [0, 0.1) is 0 Å². The van der Waals surface area contributed by atoms with Crippen LogP contribution in [0.5, 0.6) is 0 Å². The summed E-state index contributed by atoms with van der Waals surface area (Å²) < 4.78 is 5.68. The molecule has 2 rings (SSSR count). The molecule has 0 aromatic heterocycles. The van der Waals surface area contributed by atoms with Crippen LogP contribution in [0.25, 0.3) is 0 Å². The largest absolute Gasteiger partial charge is 0.372 e. The number of unbranched alkanes of at least 4 members (excludes halogenated alkanes) is 1. The molecule has 1 amide bonds. The van der Waals surface area contributed by atoms with Gasteiger partial charge in [-0.3, -0.25) is 4.79 Å². The van der Waals surface area contributed by atoms with Gasteiger partial charge in [0.15, 0.2) is 5.96 Å². The lowest BCUT2D eigenvalue weighted by Gasteiger charge is -2.35. The van der Waals surface area contributed by atoms with E-state index >= 15 is 0 Å². The molecule has 0 bridgehead atoms. The zero-order valence-corrected chi connectivity index (χ0v) is 15.5. The van der Waals surface area contributed by atoms with E-state index in [1.807, 2.05) is 43.0 Å². The molecular weight excluding hydrogens is 316 g/mol. The molecule has 0 spiro atoms. The van der Waals surface area contributed by atoms with Gasteiger partial charge in [0, 0.05) is 25.2 Å². The second-order valence-corrected chi connectivity index (χ2v) is 6.65. The summed E-state index contributed by atoms with van der Waals surface area (Å²) in [5.74, 6) is 0.516. The Balaban J connectivity index is 1.90. The van der Waals surface area contributed by atoms with Crippen LogP contribution in [-0.2, 0) is 11.3 Å².